The van der Waals surface area contributed by atoms with Gasteiger partial charge >= 0.3 is 35.7 Å². The van der Waals surface area contributed by atoms with E-state index in [0.29, 0.717) is 39.0 Å². The Bertz CT molecular complexity index is 743. The van der Waals surface area contributed by atoms with Gasteiger partial charge in [-0.25, -0.2) is 4.79 Å². The van der Waals surface area contributed by atoms with E-state index >= 15 is 0 Å². The molecule has 3 saturated heterocycles. The van der Waals surface area contributed by atoms with E-state index in [1.165, 1.54) is 5.57 Å². The summed E-state index contributed by atoms with van der Waals surface area (Å²) in [7, 11) is 1.65. The van der Waals surface area contributed by atoms with Gasteiger partial charge in [0.05, 0.1) is 18.6 Å². The van der Waals surface area contributed by atoms with E-state index in [1.807, 2.05) is 0 Å². The molecule has 0 aromatic heterocycles. The Morgan fingerprint density at radius 3 is 2.41 bits per heavy atom. The molecule has 0 radical (unpaired) electrons. The van der Waals surface area contributed by atoms with Gasteiger partial charge < -0.3 is 33.7 Å². The molecular weight excluding hydrogens is 425 g/mol. The molecule has 0 aromatic rings. The fraction of sp³-hybridized carbons (Fsp3) is 0.826. The predicted molar refractivity (Wildman–Crippen MR) is 109 cm³/mol. The average molecular weight is 460 g/mol. The molecule has 3 heterocycles. The maximum absolute atomic E-state index is 12.8. The van der Waals surface area contributed by atoms with Gasteiger partial charge in [-0.05, 0) is 52.9 Å². The second-order valence-corrected chi connectivity index (χ2v) is 9.88. The van der Waals surface area contributed by atoms with Gasteiger partial charge in [0.1, 0.15) is 23.4 Å². The molecular formula is C23H34NNaO7. The number of aliphatic carboxylic acids is 1. The largest absolute Gasteiger partial charge is 1.00 e. The van der Waals surface area contributed by atoms with Crippen LogP contribution in [0.15, 0.2) is 11.6 Å². The number of methoxy groups -OCH3 is 1. The third-order valence-electron chi connectivity index (χ3n) is 7.58. The van der Waals surface area contributed by atoms with Gasteiger partial charge in [0.2, 0.25) is 0 Å². The number of amides is 1. The Labute approximate surface area is 212 Å². The van der Waals surface area contributed by atoms with E-state index in [2.05, 4.69) is 26.8 Å². The average Bonchev–Trinajstić information content (AvgIpc) is 3.65. The Morgan fingerprint density at radius 1 is 1.22 bits per heavy atom. The number of rotatable bonds is 6. The van der Waals surface area contributed by atoms with Crippen LogP contribution >= 0.6 is 0 Å². The summed E-state index contributed by atoms with van der Waals surface area (Å²) >= 11 is 0. The van der Waals surface area contributed by atoms with Crippen molar-refractivity contribution in [2.24, 2.45) is 11.8 Å². The van der Waals surface area contributed by atoms with Crippen molar-refractivity contribution in [2.75, 3.05) is 26.8 Å². The van der Waals surface area contributed by atoms with Gasteiger partial charge in [0.15, 0.2) is 0 Å². The van der Waals surface area contributed by atoms with Gasteiger partial charge in [-0.15, -0.1) is 0 Å². The van der Waals surface area contributed by atoms with Crippen LogP contribution in [0.25, 0.3) is 0 Å². The SMILES string of the molecule is CO[C@@H]1[C@H](OC(=O)N2CCC(C(=O)[O-])CC2)CC[C@]2(CO2)[C@H]1[C@@]1(C)O[C@@H]1CC=C(C)C.[Na+]. The Balaban J connectivity index is 0.00000289. The molecule has 174 valence electrons. The molecule has 4 aliphatic rings. The molecule has 6 atom stereocenters. The molecule has 4 rings (SSSR count). The molecule has 9 heteroatoms. The van der Waals surface area contributed by atoms with Crippen LogP contribution in [0.2, 0.25) is 0 Å². The van der Waals surface area contributed by atoms with E-state index in [0.717, 1.165) is 12.8 Å². The van der Waals surface area contributed by atoms with E-state index < -0.39 is 18.0 Å². The van der Waals surface area contributed by atoms with Crippen LogP contribution in [0.3, 0.4) is 0 Å². The number of hydrogen-bond acceptors (Lipinski definition) is 7. The molecule has 32 heavy (non-hydrogen) atoms. The van der Waals surface area contributed by atoms with Crippen LogP contribution in [-0.2, 0) is 23.7 Å². The van der Waals surface area contributed by atoms with Crippen molar-refractivity contribution in [3.05, 3.63) is 11.6 Å². The smallest absolute Gasteiger partial charge is 0.550 e. The van der Waals surface area contributed by atoms with Crippen LogP contribution in [0.4, 0.5) is 4.79 Å². The van der Waals surface area contributed by atoms with E-state index in [4.69, 9.17) is 18.9 Å². The molecule has 1 saturated carbocycles. The molecule has 0 aromatic carbocycles. The van der Waals surface area contributed by atoms with Crippen LogP contribution in [0.5, 0.6) is 0 Å². The van der Waals surface area contributed by atoms with Crippen molar-refractivity contribution in [1.29, 1.82) is 0 Å². The van der Waals surface area contributed by atoms with Crippen molar-refractivity contribution in [3.8, 4) is 0 Å². The number of epoxide rings is 2. The summed E-state index contributed by atoms with van der Waals surface area (Å²) in [5.41, 5.74) is 0.628. The fourth-order valence-corrected chi connectivity index (χ4v) is 5.57. The van der Waals surface area contributed by atoms with Gasteiger partial charge in [-0.3, -0.25) is 0 Å². The number of likely N-dealkylation sites (tertiary alicyclic amines) is 1. The van der Waals surface area contributed by atoms with Gasteiger partial charge in [-0.2, -0.15) is 0 Å². The maximum Gasteiger partial charge on any atom is 1.00 e. The van der Waals surface area contributed by atoms with E-state index in [9.17, 15) is 14.7 Å². The number of carbonyl (C=O) groups is 2. The number of allylic oxidation sites excluding steroid dienone is 1. The van der Waals surface area contributed by atoms with Gasteiger partial charge in [0.25, 0.3) is 0 Å². The van der Waals surface area contributed by atoms with Crippen molar-refractivity contribution in [1.82, 2.24) is 4.90 Å². The molecule has 0 unspecified atom stereocenters. The monoisotopic (exact) mass is 459 g/mol. The third kappa shape index (κ3) is 5.05. The van der Waals surface area contributed by atoms with Crippen LogP contribution in [-0.4, -0.2) is 73.3 Å². The normalized spacial score (nSPS) is 38.6. The summed E-state index contributed by atoms with van der Waals surface area (Å²) in [4.78, 5) is 25.5. The summed E-state index contributed by atoms with van der Waals surface area (Å²) in [6.45, 7) is 7.69. The number of ether oxygens (including phenoxy) is 4. The molecule has 0 bridgehead atoms. The van der Waals surface area contributed by atoms with E-state index in [1.54, 1.807) is 12.0 Å². The van der Waals surface area contributed by atoms with Crippen LogP contribution in [0, 0.1) is 11.8 Å². The van der Waals surface area contributed by atoms with Crippen molar-refractivity contribution in [2.45, 2.75) is 82.4 Å². The Morgan fingerprint density at radius 2 is 1.88 bits per heavy atom. The topological polar surface area (TPSA) is 104 Å². The summed E-state index contributed by atoms with van der Waals surface area (Å²) in [6.07, 6.45) is 4.29. The molecule has 1 amide bonds. The minimum Gasteiger partial charge on any atom is -0.550 e. The van der Waals surface area contributed by atoms with Crippen LogP contribution in [0.1, 0.15) is 52.9 Å². The van der Waals surface area contributed by atoms with Gasteiger partial charge in [-0.1, -0.05) is 11.6 Å². The first-order valence-electron chi connectivity index (χ1n) is 11.3. The minimum absolute atomic E-state index is 0. The molecule has 4 fully saturated rings. The van der Waals surface area contributed by atoms with Crippen molar-refractivity contribution >= 4 is 12.1 Å². The zero-order valence-electron chi connectivity index (χ0n) is 19.9. The minimum atomic E-state index is -1.04. The Hall–Kier alpha value is -0.640. The fourth-order valence-electron chi connectivity index (χ4n) is 5.57. The van der Waals surface area contributed by atoms with Crippen LogP contribution < -0.4 is 34.7 Å². The Kier molecular flexibility index (Phi) is 8.05. The van der Waals surface area contributed by atoms with Crippen molar-refractivity contribution < 1.29 is 63.2 Å². The summed E-state index contributed by atoms with van der Waals surface area (Å²) < 4.78 is 24.0. The third-order valence-corrected chi connectivity index (χ3v) is 7.58. The van der Waals surface area contributed by atoms with Gasteiger partial charge in [0, 0.05) is 32.1 Å². The second-order valence-electron chi connectivity index (χ2n) is 9.88. The molecule has 1 spiro atoms. The number of carboxylic acids is 1. The molecule has 1 aliphatic carbocycles. The quantitative estimate of drug-likeness (QED) is 0.275. The van der Waals surface area contributed by atoms with Crippen molar-refractivity contribution in [3.63, 3.8) is 0 Å². The first-order valence-corrected chi connectivity index (χ1v) is 11.3. The first-order chi connectivity index (χ1) is 14.7. The number of piperidine rings is 1. The maximum atomic E-state index is 12.8. The number of nitrogens with zero attached hydrogens (tertiary/aromatic N) is 1. The number of hydrogen-bond donors (Lipinski definition) is 0. The molecule has 0 N–H and O–H groups in total. The number of carboxylic acid groups (broad SMARTS) is 1. The zero-order chi connectivity index (χ0) is 22.4. The molecule has 8 nitrogen and oxygen atoms in total. The summed E-state index contributed by atoms with van der Waals surface area (Å²) in [5, 5.41) is 11.1. The molecule has 3 aliphatic heterocycles. The number of carbonyl (C=O) groups excluding carboxylic acids is 2. The summed E-state index contributed by atoms with van der Waals surface area (Å²) in [5.74, 6) is -1.56. The van der Waals surface area contributed by atoms with E-state index in [-0.39, 0.29) is 65.0 Å². The predicted octanol–water partition coefficient (Wildman–Crippen LogP) is -1.33. The standard InChI is InChI=1S/C23H35NO7.Na/c1-14(2)5-6-17-22(3,31-17)19-18(28-4)16(7-10-23(19)13-29-23)30-21(27)24-11-8-15(9-12-24)20(25)26;/h5,15-19H,6-13H2,1-4H3,(H,25,26);/q;+1/p-1/t16-,17-,18-,19-,22+,23+;/m1./s1. The first kappa shape index (κ1) is 26.0. The zero-order valence-corrected chi connectivity index (χ0v) is 21.9. The second kappa shape index (κ2) is 9.92. The summed E-state index contributed by atoms with van der Waals surface area (Å²) in [6, 6.07) is 0.